The number of halogens is 1. The highest BCUT2D eigenvalue weighted by atomic mass is 127. The van der Waals surface area contributed by atoms with E-state index in [2.05, 4.69) is 42.9 Å². The van der Waals surface area contributed by atoms with Gasteiger partial charge in [-0.05, 0) is 30.7 Å². The summed E-state index contributed by atoms with van der Waals surface area (Å²) in [6.45, 7) is 14.3. The molecule has 0 aromatic rings. The first-order chi connectivity index (χ1) is 8.47. The Morgan fingerprint density at radius 2 is 2.00 bits per heavy atom. The normalized spacial score (nSPS) is 20.9. The van der Waals surface area contributed by atoms with Gasteiger partial charge in [0.25, 0.3) is 0 Å². The Labute approximate surface area is 135 Å². The Morgan fingerprint density at radius 1 is 1.32 bits per heavy atom. The predicted molar refractivity (Wildman–Crippen MR) is 94.1 cm³/mol. The number of likely N-dealkylation sites (tertiary alicyclic amines) is 1. The van der Waals surface area contributed by atoms with Crippen LogP contribution in [0.2, 0.25) is 0 Å². The number of hydrogen-bond donors (Lipinski definition) is 2. The molecule has 0 aromatic carbocycles. The topological polar surface area (TPSA) is 53.6 Å². The molecule has 0 spiro atoms. The molecule has 3 N–H and O–H groups in total. The van der Waals surface area contributed by atoms with Gasteiger partial charge in [-0.3, -0.25) is 4.99 Å². The number of nitrogens with one attached hydrogen (secondary N) is 1. The molecule has 19 heavy (non-hydrogen) atoms. The van der Waals surface area contributed by atoms with Crippen molar-refractivity contribution in [2.75, 3.05) is 32.7 Å². The van der Waals surface area contributed by atoms with E-state index in [-0.39, 0.29) is 24.0 Å². The van der Waals surface area contributed by atoms with Crippen LogP contribution in [-0.4, -0.2) is 43.6 Å². The molecule has 1 aliphatic rings. The van der Waals surface area contributed by atoms with Crippen molar-refractivity contribution in [2.24, 2.45) is 28.5 Å². The predicted octanol–water partition coefficient (Wildman–Crippen LogP) is 2.14. The molecule has 1 fully saturated rings. The largest absolute Gasteiger partial charge is 0.370 e. The van der Waals surface area contributed by atoms with Crippen LogP contribution in [0, 0.1) is 17.8 Å². The van der Waals surface area contributed by atoms with Gasteiger partial charge in [-0.1, -0.05) is 27.7 Å². The fourth-order valence-corrected chi connectivity index (χ4v) is 2.35. The highest BCUT2D eigenvalue weighted by Crippen LogP contribution is 2.16. The Balaban J connectivity index is 0.00000324. The summed E-state index contributed by atoms with van der Waals surface area (Å²) in [4.78, 5) is 6.88. The minimum atomic E-state index is 0. The van der Waals surface area contributed by atoms with Crippen molar-refractivity contribution < 1.29 is 0 Å². The summed E-state index contributed by atoms with van der Waals surface area (Å²) < 4.78 is 0. The van der Waals surface area contributed by atoms with Crippen molar-refractivity contribution in [2.45, 2.75) is 34.1 Å². The van der Waals surface area contributed by atoms with E-state index >= 15 is 0 Å². The summed E-state index contributed by atoms with van der Waals surface area (Å²) in [6, 6.07) is 0. The van der Waals surface area contributed by atoms with Gasteiger partial charge in [0.1, 0.15) is 0 Å². The van der Waals surface area contributed by atoms with Gasteiger partial charge >= 0.3 is 0 Å². The zero-order chi connectivity index (χ0) is 13.5. The Hall–Kier alpha value is -0.0400. The van der Waals surface area contributed by atoms with E-state index in [1.165, 1.54) is 26.1 Å². The lowest BCUT2D eigenvalue weighted by molar-refractivity contribution is 0.287. The van der Waals surface area contributed by atoms with Crippen LogP contribution in [0.5, 0.6) is 0 Å². The molecule has 0 aliphatic carbocycles. The van der Waals surface area contributed by atoms with Gasteiger partial charge in [0.05, 0.1) is 0 Å². The second-order valence-corrected chi connectivity index (χ2v) is 6.31. The number of aliphatic imine (C=N–C) groups is 1. The van der Waals surface area contributed by atoms with E-state index in [1.54, 1.807) is 0 Å². The molecule has 1 aliphatic heterocycles. The van der Waals surface area contributed by atoms with Crippen molar-refractivity contribution in [1.82, 2.24) is 10.2 Å². The fraction of sp³-hybridized carbons (Fsp3) is 0.929. The van der Waals surface area contributed by atoms with Crippen LogP contribution in [-0.2, 0) is 0 Å². The summed E-state index contributed by atoms with van der Waals surface area (Å²) in [7, 11) is 0. The first kappa shape index (κ1) is 19.0. The first-order valence-corrected chi connectivity index (χ1v) is 7.23. The summed E-state index contributed by atoms with van der Waals surface area (Å²) >= 11 is 0. The van der Waals surface area contributed by atoms with Crippen LogP contribution >= 0.6 is 24.0 Å². The number of nitrogens with two attached hydrogens (primary N) is 1. The second kappa shape index (κ2) is 9.80. The molecule has 1 heterocycles. The fourth-order valence-electron chi connectivity index (χ4n) is 2.35. The van der Waals surface area contributed by atoms with Crippen molar-refractivity contribution in [3.05, 3.63) is 0 Å². The molecule has 1 atom stereocenters. The van der Waals surface area contributed by atoms with Crippen molar-refractivity contribution >= 4 is 29.9 Å². The third kappa shape index (κ3) is 8.68. The number of hydrogen-bond acceptors (Lipinski definition) is 2. The van der Waals surface area contributed by atoms with Crippen molar-refractivity contribution in [1.29, 1.82) is 0 Å². The molecule has 1 saturated heterocycles. The van der Waals surface area contributed by atoms with Crippen molar-refractivity contribution in [3.8, 4) is 0 Å². The van der Waals surface area contributed by atoms with Crippen molar-refractivity contribution in [3.63, 3.8) is 0 Å². The van der Waals surface area contributed by atoms with Crippen LogP contribution in [0.4, 0.5) is 0 Å². The molecule has 0 saturated carbocycles. The third-order valence-corrected chi connectivity index (χ3v) is 3.19. The lowest BCUT2D eigenvalue weighted by Crippen LogP contribution is -2.36. The van der Waals surface area contributed by atoms with Gasteiger partial charge < -0.3 is 16.0 Å². The van der Waals surface area contributed by atoms with Gasteiger partial charge in [0.2, 0.25) is 0 Å². The van der Waals surface area contributed by atoms with Crippen LogP contribution in [0.1, 0.15) is 34.1 Å². The average molecular weight is 382 g/mol. The minimum Gasteiger partial charge on any atom is -0.370 e. The highest BCUT2D eigenvalue weighted by Gasteiger charge is 2.22. The monoisotopic (exact) mass is 382 g/mol. The van der Waals surface area contributed by atoms with E-state index in [0.29, 0.717) is 11.9 Å². The first-order valence-electron chi connectivity index (χ1n) is 7.23. The van der Waals surface area contributed by atoms with E-state index in [1.807, 2.05) is 0 Å². The minimum absolute atomic E-state index is 0. The molecule has 1 unspecified atom stereocenters. The van der Waals surface area contributed by atoms with Gasteiger partial charge in [-0.15, -0.1) is 24.0 Å². The molecule has 0 radical (unpaired) electrons. The summed E-state index contributed by atoms with van der Waals surface area (Å²) in [5.74, 6) is 2.65. The quantitative estimate of drug-likeness (QED) is 0.421. The lowest BCUT2D eigenvalue weighted by Gasteiger charge is -2.18. The van der Waals surface area contributed by atoms with Crippen LogP contribution < -0.4 is 11.1 Å². The maximum atomic E-state index is 5.84. The van der Waals surface area contributed by atoms with Crippen LogP contribution in [0.3, 0.4) is 0 Å². The molecular weight excluding hydrogens is 351 g/mol. The molecular formula is C14H31IN4. The smallest absolute Gasteiger partial charge is 0.188 e. The molecule has 0 amide bonds. The number of rotatable bonds is 6. The molecule has 4 nitrogen and oxygen atoms in total. The maximum Gasteiger partial charge on any atom is 0.188 e. The van der Waals surface area contributed by atoms with Crippen LogP contribution in [0.15, 0.2) is 4.99 Å². The van der Waals surface area contributed by atoms with E-state index in [0.717, 1.165) is 24.9 Å². The van der Waals surface area contributed by atoms with E-state index in [9.17, 15) is 0 Å². The summed E-state index contributed by atoms with van der Waals surface area (Å²) in [5.41, 5.74) is 5.84. The molecule has 114 valence electrons. The zero-order valence-electron chi connectivity index (χ0n) is 12.9. The zero-order valence-corrected chi connectivity index (χ0v) is 15.2. The van der Waals surface area contributed by atoms with E-state index in [4.69, 9.17) is 5.73 Å². The Kier molecular flexibility index (Phi) is 9.78. The van der Waals surface area contributed by atoms with E-state index < -0.39 is 0 Å². The van der Waals surface area contributed by atoms with Crippen LogP contribution in [0.25, 0.3) is 0 Å². The van der Waals surface area contributed by atoms with Gasteiger partial charge in [0.15, 0.2) is 5.96 Å². The molecule has 5 heteroatoms. The lowest BCUT2D eigenvalue weighted by atomic mass is 10.1. The number of nitrogens with zero attached hydrogens (tertiary/aromatic N) is 2. The number of guanidine groups is 1. The Bertz CT molecular complexity index is 266. The summed E-state index contributed by atoms with van der Waals surface area (Å²) in [5, 5.41) is 3.25. The second-order valence-electron chi connectivity index (χ2n) is 6.31. The van der Waals surface area contributed by atoms with Gasteiger partial charge in [-0.2, -0.15) is 0 Å². The Morgan fingerprint density at radius 3 is 2.58 bits per heavy atom. The standard InChI is InChI=1S/C14H30N4.HI/c1-11(2)7-16-14(15)17-8-13-5-6-18(10-13)9-12(3)4;/h11-13H,5-10H2,1-4H3,(H3,15,16,17);1H. The molecule has 0 bridgehead atoms. The highest BCUT2D eigenvalue weighted by molar-refractivity contribution is 14.0. The molecule has 0 aromatic heterocycles. The SMILES string of the molecule is CC(C)CN=C(N)NCC1CCN(CC(C)C)C1.I. The molecule has 1 rings (SSSR count). The average Bonchev–Trinajstić information content (AvgIpc) is 2.70. The maximum absolute atomic E-state index is 5.84. The van der Waals surface area contributed by atoms with Gasteiger partial charge in [0, 0.05) is 26.2 Å². The van der Waals surface area contributed by atoms with Gasteiger partial charge in [-0.25, -0.2) is 0 Å². The summed E-state index contributed by atoms with van der Waals surface area (Å²) in [6.07, 6.45) is 1.27. The third-order valence-electron chi connectivity index (χ3n) is 3.19.